The predicted molar refractivity (Wildman–Crippen MR) is 61.3 cm³/mol. The van der Waals surface area contributed by atoms with Crippen molar-refractivity contribution in [2.75, 3.05) is 0 Å². The Bertz CT molecular complexity index is 174. The van der Waals surface area contributed by atoms with Gasteiger partial charge in [0, 0.05) is 0 Å². The summed E-state index contributed by atoms with van der Waals surface area (Å²) in [5, 5.41) is 9.12. The van der Waals surface area contributed by atoms with Crippen LogP contribution in [0, 0.1) is 5.41 Å². The van der Waals surface area contributed by atoms with Gasteiger partial charge in [-0.1, -0.05) is 46.0 Å². The maximum atomic E-state index is 11.1. The number of hydrogen-bond donors (Lipinski definition) is 1. The molecule has 4 heteroatoms. The minimum atomic E-state index is -0.629. The third kappa shape index (κ3) is 8.57. The smallest absolute Gasteiger partial charge is 0.870 e. The van der Waals surface area contributed by atoms with Gasteiger partial charge in [-0.15, -0.1) is 0 Å². The van der Waals surface area contributed by atoms with Crippen LogP contribution >= 0.6 is 0 Å². The number of unbranched alkanes of at least 4 members (excludes halogenated alkanes) is 3. The first kappa shape index (κ1) is 21.7. The second-order valence-corrected chi connectivity index (χ2v) is 4.43. The van der Waals surface area contributed by atoms with Gasteiger partial charge in [0.25, 0.3) is 0 Å². The van der Waals surface area contributed by atoms with E-state index in [9.17, 15) is 4.79 Å². The molecule has 0 aromatic heterocycles. The molecule has 0 aromatic carbocycles. The zero-order valence-corrected chi connectivity index (χ0v) is 13.3. The van der Waals surface area contributed by atoms with E-state index in [1.165, 1.54) is 19.3 Å². The Morgan fingerprint density at radius 3 is 2.00 bits per heavy atom. The van der Waals surface area contributed by atoms with Crippen molar-refractivity contribution >= 4 is 5.97 Å². The van der Waals surface area contributed by atoms with E-state index in [0.717, 1.165) is 25.7 Å². The van der Waals surface area contributed by atoms with Crippen LogP contribution in [0.5, 0.6) is 0 Å². The first-order valence-electron chi connectivity index (χ1n) is 5.80. The van der Waals surface area contributed by atoms with Gasteiger partial charge in [-0.2, -0.15) is 0 Å². The van der Waals surface area contributed by atoms with Crippen molar-refractivity contribution in [3.63, 3.8) is 0 Å². The van der Waals surface area contributed by atoms with E-state index in [2.05, 4.69) is 6.92 Å². The largest absolute Gasteiger partial charge is 1.00 e. The molecule has 0 spiro atoms. The van der Waals surface area contributed by atoms with Crippen molar-refractivity contribution in [1.82, 2.24) is 0 Å². The quantitative estimate of drug-likeness (QED) is 0.501. The molecule has 2 N–H and O–H groups in total. The van der Waals surface area contributed by atoms with Crippen molar-refractivity contribution < 1.29 is 44.9 Å². The molecule has 0 saturated carbocycles. The monoisotopic (exact) mass is 240 g/mol. The summed E-state index contributed by atoms with van der Waals surface area (Å²) in [6.07, 6.45) is 7.24. The second kappa shape index (κ2) is 11.9. The molecule has 0 aromatic rings. The third-order valence-electron chi connectivity index (χ3n) is 2.90. The summed E-state index contributed by atoms with van der Waals surface area (Å²) in [4.78, 5) is 11.1. The Kier molecular flexibility index (Phi) is 16.1. The van der Waals surface area contributed by atoms with E-state index in [1.807, 2.05) is 13.8 Å². The molecule has 0 heterocycles. The van der Waals surface area contributed by atoms with Gasteiger partial charge in [-0.05, 0) is 19.8 Å². The van der Waals surface area contributed by atoms with Gasteiger partial charge in [0.2, 0.25) is 0 Å². The zero-order valence-electron chi connectivity index (χ0n) is 11.3. The molecule has 0 aliphatic heterocycles. The SMILES string of the molecule is CCCCCCC(C)(CCC)C(=O)O.[Na+].[OH-]. The summed E-state index contributed by atoms with van der Waals surface area (Å²) < 4.78 is 0. The summed E-state index contributed by atoms with van der Waals surface area (Å²) in [6.45, 7) is 6.10. The van der Waals surface area contributed by atoms with Gasteiger partial charge in [0.05, 0.1) is 5.41 Å². The van der Waals surface area contributed by atoms with Crippen LogP contribution < -0.4 is 29.6 Å². The molecule has 0 amide bonds. The number of carboxylic acid groups (broad SMARTS) is 1. The topological polar surface area (TPSA) is 67.3 Å². The minimum Gasteiger partial charge on any atom is -0.870 e. The van der Waals surface area contributed by atoms with Gasteiger partial charge in [-0.3, -0.25) is 4.79 Å². The first-order chi connectivity index (χ1) is 6.56. The number of carboxylic acids is 1. The van der Waals surface area contributed by atoms with Gasteiger partial charge in [0.15, 0.2) is 0 Å². The van der Waals surface area contributed by atoms with Crippen LogP contribution in [0.1, 0.15) is 65.7 Å². The molecule has 0 bridgehead atoms. The molecule has 0 saturated heterocycles. The molecular weight excluding hydrogens is 215 g/mol. The molecule has 1 unspecified atom stereocenters. The number of hydrogen-bond acceptors (Lipinski definition) is 2. The van der Waals surface area contributed by atoms with E-state index in [4.69, 9.17) is 5.11 Å². The van der Waals surface area contributed by atoms with E-state index < -0.39 is 11.4 Å². The van der Waals surface area contributed by atoms with Crippen LogP contribution in [0.3, 0.4) is 0 Å². The average Bonchev–Trinajstić information content (AvgIpc) is 2.13. The molecule has 0 rings (SSSR count). The van der Waals surface area contributed by atoms with Crippen LogP contribution in [0.15, 0.2) is 0 Å². The summed E-state index contributed by atoms with van der Waals surface area (Å²) in [5.41, 5.74) is -0.484. The summed E-state index contributed by atoms with van der Waals surface area (Å²) >= 11 is 0. The Morgan fingerprint density at radius 2 is 1.62 bits per heavy atom. The van der Waals surface area contributed by atoms with E-state index >= 15 is 0 Å². The molecule has 0 fully saturated rings. The molecule has 3 nitrogen and oxygen atoms in total. The fourth-order valence-electron chi connectivity index (χ4n) is 1.83. The normalized spacial score (nSPS) is 13.2. The van der Waals surface area contributed by atoms with Gasteiger partial charge in [0.1, 0.15) is 0 Å². The Hall–Kier alpha value is 0.430. The Morgan fingerprint density at radius 1 is 1.06 bits per heavy atom. The van der Waals surface area contributed by atoms with Crippen LogP contribution in [-0.4, -0.2) is 16.6 Å². The number of carbonyl (C=O) groups is 1. The van der Waals surface area contributed by atoms with Gasteiger partial charge >= 0.3 is 35.5 Å². The van der Waals surface area contributed by atoms with E-state index in [1.54, 1.807) is 0 Å². The summed E-state index contributed by atoms with van der Waals surface area (Å²) in [6, 6.07) is 0. The molecule has 1 atom stereocenters. The zero-order chi connectivity index (χ0) is 11.0. The Balaban J connectivity index is -0.000000845. The molecule has 0 radical (unpaired) electrons. The predicted octanol–water partition coefficient (Wildman–Crippen LogP) is 0.675. The van der Waals surface area contributed by atoms with Gasteiger partial charge < -0.3 is 10.6 Å². The third-order valence-corrected chi connectivity index (χ3v) is 2.90. The molecular formula is C12H25NaO3. The van der Waals surface area contributed by atoms with Crippen LogP contribution in [0.2, 0.25) is 0 Å². The van der Waals surface area contributed by atoms with Crippen molar-refractivity contribution in [1.29, 1.82) is 0 Å². The fraction of sp³-hybridized carbons (Fsp3) is 0.917. The van der Waals surface area contributed by atoms with Crippen molar-refractivity contribution in [3.8, 4) is 0 Å². The van der Waals surface area contributed by atoms with Crippen molar-refractivity contribution in [3.05, 3.63) is 0 Å². The molecule has 92 valence electrons. The maximum absolute atomic E-state index is 11.1. The van der Waals surface area contributed by atoms with Gasteiger partial charge in [-0.25, -0.2) is 0 Å². The second-order valence-electron chi connectivity index (χ2n) is 4.43. The first-order valence-corrected chi connectivity index (χ1v) is 5.80. The maximum Gasteiger partial charge on any atom is 1.00 e. The average molecular weight is 240 g/mol. The van der Waals surface area contributed by atoms with Crippen molar-refractivity contribution in [2.24, 2.45) is 5.41 Å². The number of rotatable bonds is 8. The standard InChI is InChI=1S/C12H24O2.Na.H2O/c1-4-6-7-8-10-12(3,9-5-2)11(13)14;;/h4-10H2,1-3H3,(H,13,14);;1H2/q;+1;/p-1. The van der Waals surface area contributed by atoms with Crippen molar-refractivity contribution in [2.45, 2.75) is 65.7 Å². The molecule has 0 aliphatic carbocycles. The molecule has 0 aliphatic rings. The molecule has 16 heavy (non-hydrogen) atoms. The van der Waals surface area contributed by atoms with Crippen LogP contribution in [0.4, 0.5) is 0 Å². The van der Waals surface area contributed by atoms with E-state index in [0.29, 0.717) is 0 Å². The van der Waals surface area contributed by atoms with Crippen LogP contribution in [-0.2, 0) is 4.79 Å². The summed E-state index contributed by atoms with van der Waals surface area (Å²) in [7, 11) is 0. The summed E-state index contributed by atoms with van der Waals surface area (Å²) in [5.74, 6) is -0.629. The van der Waals surface area contributed by atoms with Crippen LogP contribution in [0.25, 0.3) is 0 Å². The minimum absolute atomic E-state index is 0. The Labute approximate surface area is 122 Å². The fourth-order valence-corrected chi connectivity index (χ4v) is 1.83. The number of aliphatic carboxylic acids is 1. The van der Waals surface area contributed by atoms with E-state index in [-0.39, 0.29) is 35.0 Å².